The first-order valence-corrected chi connectivity index (χ1v) is 14.0. The van der Waals surface area contributed by atoms with Crippen LogP contribution in [0.15, 0.2) is 85.2 Å². The molecule has 0 unspecified atom stereocenters. The molecule has 2 N–H and O–H groups in total. The van der Waals surface area contributed by atoms with Gasteiger partial charge >= 0.3 is 0 Å². The van der Waals surface area contributed by atoms with Crippen molar-refractivity contribution in [2.24, 2.45) is 0 Å². The van der Waals surface area contributed by atoms with E-state index in [1.807, 2.05) is 46.0 Å². The van der Waals surface area contributed by atoms with Crippen LogP contribution in [0.2, 0.25) is 0 Å². The van der Waals surface area contributed by atoms with Crippen LogP contribution >= 0.6 is 12.2 Å². The summed E-state index contributed by atoms with van der Waals surface area (Å²) < 4.78 is 33.8. The summed E-state index contributed by atoms with van der Waals surface area (Å²) >= 11 is 5.80. The van der Waals surface area contributed by atoms with Crippen LogP contribution in [0.4, 0.5) is 17.1 Å². The Kier molecular flexibility index (Phi) is 6.93. The smallest absolute Gasteiger partial charge is 0.271 e. The highest BCUT2D eigenvalue weighted by Gasteiger charge is 2.42. The summed E-state index contributed by atoms with van der Waals surface area (Å²) in [7, 11) is -2.14. The van der Waals surface area contributed by atoms with Gasteiger partial charge in [0.05, 0.1) is 41.4 Å². The average molecular weight is 565 g/mol. The number of non-ortho nitro benzene ring substituents is 1. The standard InChI is InChI=1S/C26H24N6O5S2/c1-37-23-12-11-18(16-21(23)29-39(2,35)36)31-25(24(28-26(31)38)20-9-3-4-13-27-20)22-10-6-14-30(22)17-7-5-8-19(15-17)32(33)34/h3-16,24-25,29H,1-2H3,(H,28,38)/t24-,25+/m0/s1. The zero-order valence-electron chi connectivity index (χ0n) is 20.9. The number of ether oxygens (including phenoxy) is 1. The zero-order valence-corrected chi connectivity index (χ0v) is 22.5. The summed E-state index contributed by atoms with van der Waals surface area (Å²) in [5, 5.41) is 15.2. The number of nitrogens with one attached hydrogen (secondary N) is 2. The number of sulfonamides is 1. The molecule has 2 aromatic heterocycles. The Morgan fingerprint density at radius 3 is 2.59 bits per heavy atom. The van der Waals surface area contributed by atoms with E-state index in [0.717, 1.165) is 17.6 Å². The molecular weight excluding hydrogens is 540 g/mol. The monoisotopic (exact) mass is 564 g/mol. The lowest BCUT2D eigenvalue weighted by Gasteiger charge is -2.29. The van der Waals surface area contributed by atoms with Gasteiger partial charge in [-0.2, -0.15) is 0 Å². The molecule has 200 valence electrons. The minimum atomic E-state index is -3.59. The second-order valence-corrected chi connectivity index (χ2v) is 11.0. The molecule has 1 saturated heterocycles. The number of hydrogen-bond donors (Lipinski definition) is 2. The van der Waals surface area contributed by atoms with Crippen molar-refractivity contribution in [3.05, 3.63) is 107 Å². The van der Waals surface area contributed by atoms with Gasteiger partial charge in [-0.25, -0.2) is 8.42 Å². The van der Waals surface area contributed by atoms with Crippen LogP contribution in [-0.2, 0) is 10.0 Å². The summed E-state index contributed by atoms with van der Waals surface area (Å²) in [4.78, 5) is 17.5. The number of aromatic nitrogens is 2. The normalized spacial score (nSPS) is 17.1. The number of pyridine rings is 1. The molecule has 0 amide bonds. The van der Waals surface area contributed by atoms with E-state index in [9.17, 15) is 18.5 Å². The predicted molar refractivity (Wildman–Crippen MR) is 152 cm³/mol. The molecule has 11 nitrogen and oxygen atoms in total. The second-order valence-electron chi connectivity index (χ2n) is 8.84. The zero-order chi connectivity index (χ0) is 27.7. The third-order valence-corrected chi connectivity index (χ3v) is 7.16. The molecule has 0 spiro atoms. The van der Waals surface area contributed by atoms with Crippen molar-refractivity contribution >= 4 is 44.4 Å². The Hall–Kier alpha value is -4.49. The molecule has 0 saturated carbocycles. The number of rotatable bonds is 8. The van der Waals surface area contributed by atoms with Gasteiger partial charge in [-0.3, -0.25) is 19.8 Å². The van der Waals surface area contributed by atoms with E-state index in [1.54, 1.807) is 36.5 Å². The van der Waals surface area contributed by atoms with Crippen LogP contribution in [-0.4, -0.2) is 41.4 Å². The average Bonchev–Trinajstić information content (AvgIpc) is 3.52. The van der Waals surface area contributed by atoms with Gasteiger partial charge in [-0.15, -0.1) is 0 Å². The fourth-order valence-corrected chi connectivity index (χ4v) is 5.59. The lowest BCUT2D eigenvalue weighted by Crippen LogP contribution is -2.30. The molecule has 1 fully saturated rings. The summed E-state index contributed by atoms with van der Waals surface area (Å²) in [6, 6.07) is 20.0. The molecular formula is C26H24N6O5S2. The largest absolute Gasteiger partial charge is 0.495 e. The maximum absolute atomic E-state index is 12.1. The summed E-state index contributed by atoms with van der Waals surface area (Å²) in [6.07, 6.45) is 4.59. The topological polar surface area (TPSA) is 132 Å². The summed E-state index contributed by atoms with van der Waals surface area (Å²) in [5.74, 6) is 0.347. The SMILES string of the molecule is COc1ccc(N2C(=S)N[C@@H](c3ccccn3)[C@H]2c2cccn2-c2cccc([N+](=O)[O-])c2)cc1NS(C)(=O)=O. The number of nitro groups is 1. The first-order valence-electron chi connectivity index (χ1n) is 11.7. The lowest BCUT2D eigenvalue weighted by atomic mass is 10.0. The van der Waals surface area contributed by atoms with Gasteiger partial charge in [0.15, 0.2) is 5.11 Å². The molecule has 39 heavy (non-hydrogen) atoms. The fraction of sp³-hybridized carbons (Fsp3) is 0.154. The third kappa shape index (κ3) is 5.26. The predicted octanol–water partition coefficient (Wildman–Crippen LogP) is 4.34. The van der Waals surface area contributed by atoms with Crippen LogP contribution < -0.4 is 19.7 Å². The molecule has 5 rings (SSSR count). The Balaban J connectivity index is 1.67. The van der Waals surface area contributed by atoms with Gasteiger partial charge in [-0.1, -0.05) is 12.1 Å². The molecule has 2 aromatic carbocycles. The number of benzene rings is 2. The number of methoxy groups -OCH3 is 1. The molecule has 2 atom stereocenters. The highest BCUT2D eigenvalue weighted by molar-refractivity contribution is 7.92. The lowest BCUT2D eigenvalue weighted by molar-refractivity contribution is -0.384. The van der Waals surface area contributed by atoms with Gasteiger partial charge < -0.3 is 19.5 Å². The van der Waals surface area contributed by atoms with Gasteiger partial charge in [0.25, 0.3) is 5.69 Å². The van der Waals surface area contributed by atoms with Crippen LogP contribution in [0.5, 0.6) is 5.75 Å². The Morgan fingerprint density at radius 1 is 1.08 bits per heavy atom. The molecule has 3 heterocycles. The highest BCUT2D eigenvalue weighted by atomic mass is 32.2. The van der Waals surface area contributed by atoms with Crippen molar-refractivity contribution in [3.8, 4) is 11.4 Å². The van der Waals surface area contributed by atoms with Crippen molar-refractivity contribution < 1.29 is 18.1 Å². The highest BCUT2D eigenvalue weighted by Crippen LogP contribution is 2.44. The van der Waals surface area contributed by atoms with E-state index >= 15 is 0 Å². The van der Waals surface area contributed by atoms with Gasteiger partial charge in [-0.05, 0) is 60.7 Å². The number of hydrogen-bond acceptors (Lipinski definition) is 7. The summed E-state index contributed by atoms with van der Waals surface area (Å²) in [5.41, 5.74) is 2.96. The number of nitro benzene ring substituents is 1. The van der Waals surface area contributed by atoms with Gasteiger partial charge in [0, 0.05) is 35.9 Å². The molecule has 0 aliphatic carbocycles. The second kappa shape index (κ2) is 10.3. The van der Waals surface area contributed by atoms with Crippen molar-refractivity contribution in [1.29, 1.82) is 0 Å². The Labute approximate surface area is 230 Å². The van der Waals surface area contributed by atoms with E-state index < -0.39 is 21.0 Å². The Bertz CT molecular complexity index is 1660. The first-order chi connectivity index (χ1) is 18.7. The fourth-order valence-electron chi connectivity index (χ4n) is 4.69. The molecule has 1 aliphatic rings. The van der Waals surface area contributed by atoms with E-state index in [4.69, 9.17) is 17.0 Å². The van der Waals surface area contributed by atoms with E-state index in [-0.39, 0.29) is 17.4 Å². The number of nitrogens with zero attached hydrogens (tertiary/aromatic N) is 4. The molecule has 1 aliphatic heterocycles. The first kappa shape index (κ1) is 26.1. The maximum Gasteiger partial charge on any atom is 0.271 e. The van der Waals surface area contributed by atoms with Crippen LogP contribution in [0.1, 0.15) is 23.5 Å². The van der Waals surface area contributed by atoms with Gasteiger partial charge in [0.1, 0.15) is 11.8 Å². The number of anilines is 2. The minimum Gasteiger partial charge on any atom is -0.495 e. The third-order valence-electron chi connectivity index (χ3n) is 6.26. The van der Waals surface area contributed by atoms with Crippen molar-refractivity contribution in [3.63, 3.8) is 0 Å². The van der Waals surface area contributed by atoms with E-state index in [0.29, 0.717) is 22.2 Å². The molecule has 0 bridgehead atoms. The van der Waals surface area contributed by atoms with Gasteiger partial charge in [0.2, 0.25) is 10.0 Å². The van der Waals surface area contributed by atoms with Crippen LogP contribution in [0.25, 0.3) is 5.69 Å². The Morgan fingerprint density at radius 2 is 1.90 bits per heavy atom. The number of thiocarbonyl (C=S) groups is 1. The minimum absolute atomic E-state index is 0.0306. The van der Waals surface area contributed by atoms with E-state index in [2.05, 4.69) is 15.0 Å². The van der Waals surface area contributed by atoms with Crippen molar-refractivity contribution in [2.75, 3.05) is 23.0 Å². The molecule has 4 aromatic rings. The van der Waals surface area contributed by atoms with Crippen LogP contribution in [0, 0.1) is 10.1 Å². The van der Waals surface area contributed by atoms with E-state index in [1.165, 1.54) is 19.2 Å². The van der Waals surface area contributed by atoms with Crippen molar-refractivity contribution in [1.82, 2.24) is 14.9 Å². The summed E-state index contributed by atoms with van der Waals surface area (Å²) in [6.45, 7) is 0. The maximum atomic E-state index is 12.1. The van der Waals surface area contributed by atoms with Crippen LogP contribution in [0.3, 0.4) is 0 Å². The molecule has 0 radical (unpaired) electrons. The quantitative estimate of drug-likeness (QED) is 0.182. The van der Waals surface area contributed by atoms with Crippen molar-refractivity contribution in [2.45, 2.75) is 12.1 Å². The molecule has 13 heteroatoms.